The molecule has 1 aromatic carbocycles. The Labute approximate surface area is 198 Å². The predicted octanol–water partition coefficient (Wildman–Crippen LogP) is 3.69. The molecule has 1 aromatic heterocycles. The van der Waals surface area contributed by atoms with Crippen LogP contribution in [-0.2, 0) is 11.2 Å². The first kappa shape index (κ1) is 23.0. The zero-order valence-corrected chi connectivity index (χ0v) is 20.9. The summed E-state index contributed by atoms with van der Waals surface area (Å²) in [6.07, 6.45) is 3.86. The van der Waals surface area contributed by atoms with E-state index < -0.39 is 6.04 Å². The van der Waals surface area contributed by atoms with E-state index in [0.29, 0.717) is 19.0 Å². The van der Waals surface area contributed by atoms with Gasteiger partial charge in [0.05, 0.1) is 11.6 Å². The molecule has 2 atom stereocenters. The molecule has 8 heteroatoms. The zero-order chi connectivity index (χ0) is 22.8. The van der Waals surface area contributed by atoms with E-state index in [1.165, 1.54) is 11.3 Å². The number of halogens is 1. The van der Waals surface area contributed by atoms with Crippen molar-refractivity contribution in [3.63, 3.8) is 0 Å². The quantitative estimate of drug-likeness (QED) is 0.650. The molecule has 0 saturated carbocycles. The summed E-state index contributed by atoms with van der Waals surface area (Å²) >= 11 is 3.55. The molecular weight excluding hydrogens is 470 g/mol. The Morgan fingerprint density at radius 2 is 1.97 bits per heavy atom. The van der Waals surface area contributed by atoms with Crippen LogP contribution in [0.1, 0.15) is 56.0 Å². The number of aryl methyl sites for hydroxylation is 1. The van der Waals surface area contributed by atoms with Crippen LogP contribution < -0.4 is 15.0 Å². The molecule has 0 bridgehead atoms. The van der Waals surface area contributed by atoms with Crippen molar-refractivity contribution in [1.29, 1.82) is 0 Å². The minimum atomic E-state index is -0.396. The Morgan fingerprint density at radius 1 is 1.22 bits per heavy atom. The van der Waals surface area contributed by atoms with Crippen molar-refractivity contribution >= 4 is 27.7 Å². The van der Waals surface area contributed by atoms with Gasteiger partial charge in [-0.3, -0.25) is 10.1 Å². The van der Waals surface area contributed by atoms with Gasteiger partial charge in [0, 0.05) is 43.5 Å². The third-order valence-corrected chi connectivity index (χ3v) is 7.02. The number of hydrogen-bond acceptors (Lipinski definition) is 6. The molecule has 0 radical (unpaired) electrons. The molecular formula is C24H32BrN5O2. The fraction of sp³-hybridized carbons (Fsp3) is 0.542. The first-order valence-corrected chi connectivity index (χ1v) is 12.1. The summed E-state index contributed by atoms with van der Waals surface area (Å²) in [6.45, 7) is 9.30. The van der Waals surface area contributed by atoms with Gasteiger partial charge >= 0.3 is 0 Å². The number of nitrogens with zero attached hydrogens (tertiary/aromatic N) is 4. The molecule has 0 spiro atoms. The Kier molecular flexibility index (Phi) is 7.00. The van der Waals surface area contributed by atoms with Crippen molar-refractivity contribution in [2.75, 3.05) is 38.2 Å². The standard InChI is InChI=1S/C24H32BrN5O2/c1-15(2)28-22(17-6-8-20(32-4)18(25)13-17)24(31)30-11-9-29(10-12-30)23-21-16(3)5-7-19(21)26-14-27-23/h6,8,13-16,22,28H,5,7,9-12H2,1-4H3/t16-,22-/m1/s1. The van der Waals surface area contributed by atoms with Crippen molar-refractivity contribution in [2.45, 2.75) is 51.6 Å². The van der Waals surface area contributed by atoms with Crippen LogP contribution in [0, 0.1) is 0 Å². The molecule has 2 heterocycles. The highest BCUT2D eigenvalue weighted by molar-refractivity contribution is 9.10. The molecule has 0 unspecified atom stereocenters. The van der Waals surface area contributed by atoms with Crippen LogP contribution in [0.25, 0.3) is 0 Å². The van der Waals surface area contributed by atoms with Crippen molar-refractivity contribution < 1.29 is 9.53 Å². The Bertz CT molecular complexity index is 975. The average Bonchev–Trinajstić information content (AvgIpc) is 3.18. The van der Waals surface area contributed by atoms with E-state index in [1.807, 2.05) is 23.1 Å². The molecule has 1 aliphatic heterocycles. The van der Waals surface area contributed by atoms with Crippen LogP contribution in [0.2, 0.25) is 0 Å². The number of carbonyl (C=O) groups is 1. The molecule has 7 nitrogen and oxygen atoms in total. The van der Waals surface area contributed by atoms with Crippen molar-refractivity contribution in [3.05, 3.63) is 45.8 Å². The van der Waals surface area contributed by atoms with Gasteiger partial charge in [0.25, 0.3) is 0 Å². The highest BCUT2D eigenvalue weighted by Gasteiger charge is 2.32. The second-order valence-corrected chi connectivity index (χ2v) is 9.81. The number of aromatic nitrogens is 2. The topological polar surface area (TPSA) is 70.6 Å². The summed E-state index contributed by atoms with van der Waals surface area (Å²) in [7, 11) is 1.64. The molecule has 1 aliphatic carbocycles. The summed E-state index contributed by atoms with van der Waals surface area (Å²) in [6, 6.07) is 5.61. The second-order valence-electron chi connectivity index (χ2n) is 8.96. The fourth-order valence-corrected chi connectivity index (χ4v) is 5.26. The fourth-order valence-electron chi connectivity index (χ4n) is 4.70. The van der Waals surface area contributed by atoms with Gasteiger partial charge in [-0.2, -0.15) is 0 Å². The molecule has 4 rings (SSSR count). The Balaban J connectivity index is 1.49. The number of ether oxygens (including phenoxy) is 1. The number of carbonyl (C=O) groups excluding carboxylic acids is 1. The molecule has 172 valence electrons. The van der Waals surface area contributed by atoms with Crippen LogP contribution >= 0.6 is 15.9 Å². The molecule has 1 saturated heterocycles. The van der Waals surface area contributed by atoms with Gasteiger partial charge in [-0.25, -0.2) is 9.97 Å². The van der Waals surface area contributed by atoms with Crippen LogP contribution in [0.15, 0.2) is 29.0 Å². The number of methoxy groups -OCH3 is 1. The average molecular weight is 502 g/mol. The van der Waals surface area contributed by atoms with E-state index >= 15 is 0 Å². The molecule has 2 aliphatic rings. The van der Waals surface area contributed by atoms with Crippen molar-refractivity contribution in [2.24, 2.45) is 0 Å². The summed E-state index contributed by atoms with van der Waals surface area (Å²) in [5.74, 6) is 2.42. The van der Waals surface area contributed by atoms with Gasteiger partial charge < -0.3 is 14.5 Å². The maximum absolute atomic E-state index is 13.6. The van der Waals surface area contributed by atoms with Crippen molar-refractivity contribution in [3.8, 4) is 5.75 Å². The predicted molar refractivity (Wildman–Crippen MR) is 129 cm³/mol. The smallest absolute Gasteiger partial charge is 0.244 e. The number of rotatable bonds is 6. The SMILES string of the molecule is COc1ccc([C@@H](NC(C)C)C(=O)N2CCN(c3ncnc4c3[C@H](C)CC4)CC2)cc1Br. The highest BCUT2D eigenvalue weighted by atomic mass is 79.9. The minimum absolute atomic E-state index is 0.108. The van der Waals surface area contributed by atoms with E-state index in [9.17, 15) is 4.79 Å². The van der Waals surface area contributed by atoms with Crippen LogP contribution in [0.4, 0.5) is 5.82 Å². The monoisotopic (exact) mass is 501 g/mol. The van der Waals surface area contributed by atoms with Crippen LogP contribution in [0.3, 0.4) is 0 Å². The number of benzene rings is 1. The lowest BCUT2D eigenvalue weighted by molar-refractivity contribution is -0.134. The lowest BCUT2D eigenvalue weighted by Crippen LogP contribution is -2.52. The van der Waals surface area contributed by atoms with Gasteiger partial charge in [-0.05, 0) is 66.2 Å². The van der Waals surface area contributed by atoms with Crippen molar-refractivity contribution in [1.82, 2.24) is 20.2 Å². The van der Waals surface area contributed by atoms with E-state index in [-0.39, 0.29) is 11.9 Å². The van der Waals surface area contributed by atoms with Gasteiger partial charge in [0.2, 0.25) is 5.91 Å². The largest absolute Gasteiger partial charge is 0.496 e. The van der Waals surface area contributed by atoms with Gasteiger partial charge in [-0.15, -0.1) is 0 Å². The third kappa shape index (κ3) is 4.62. The van der Waals surface area contributed by atoms with Crippen LogP contribution in [0.5, 0.6) is 5.75 Å². The van der Waals surface area contributed by atoms with Gasteiger partial charge in [-0.1, -0.05) is 13.0 Å². The zero-order valence-electron chi connectivity index (χ0n) is 19.3. The Hall–Kier alpha value is -2.19. The first-order chi connectivity index (χ1) is 15.4. The maximum atomic E-state index is 13.6. The number of anilines is 1. The van der Waals surface area contributed by atoms with E-state index in [0.717, 1.165) is 47.5 Å². The number of fused-ring (bicyclic) bond motifs is 1. The van der Waals surface area contributed by atoms with Gasteiger partial charge in [0.15, 0.2) is 0 Å². The summed E-state index contributed by atoms with van der Waals surface area (Å²) in [4.78, 5) is 27.0. The summed E-state index contributed by atoms with van der Waals surface area (Å²) < 4.78 is 6.20. The number of amides is 1. The highest BCUT2D eigenvalue weighted by Crippen LogP contribution is 2.37. The molecule has 1 fully saturated rings. The number of piperazine rings is 1. The third-order valence-electron chi connectivity index (χ3n) is 6.40. The lowest BCUT2D eigenvalue weighted by atomic mass is 10.0. The second kappa shape index (κ2) is 9.75. The number of hydrogen-bond donors (Lipinski definition) is 1. The first-order valence-electron chi connectivity index (χ1n) is 11.4. The molecule has 1 amide bonds. The molecule has 2 aromatic rings. The molecule has 1 N–H and O–H groups in total. The molecule has 32 heavy (non-hydrogen) atoms. The van der Waals surface area contributed by atoms with Crippen LogP contribution in [-0.4, -0.2) is 60.1 Å². The summed E-state index contributed by atoms with van der Waals surface area (Å²) in [5, 5.41) is 3.45. The Morgan fingerprint density at radius 3 is 2.62 bits per heavy atom. The minimum Gasteiger partial charge on any atom is -0.496 e. The van der Waals surface area contributed by atoms with E-state index in [2.05, 4.69) is 56.9 Å². The van der Waals surface area contributed by atoms with E-state index in [1.54, 1.807) is 13.4 Å². The number of nitrogens with one attached hydrogen (secondary N) is 1. The van der Waals surface area contributed by atoms with Gasteiger partial charge in [0.1, 0.15) is 23.9 Å². The van der Waals surface area contributed by atoms with E-state index in [4.69, 9.17) is 4.74 Å². The normalized spacial score (nSPS) is 19.2. The maximum Gasteiger partial charge on any atom is 0.244 e. The lowest BCUT2D eigenvalue weighted by Gasteiger charge is -2.38. The summed E-state index contributed by atoms with van der Waals surface area (Å²) in [5.41, 5.74) is 3.42.